The quantitative estimate of drug-likeness (QED) is 0.456. The molecular formula is C16H24N2O4. The van der Waals surface area contributed by atoms with Gasteiger partial charge in [0.15, 0.2) is 0 Å². The normalized spacial score (nSPS) is 14.5. The van der Waals surface area contributed by atoms with Crippen molar-refractivity contribution in [2.45, 2.75) is 51.8 Å². The zero-order chi connectivity index (χ0) is 16.6. The van der Waals surface area contributed by atoms with E-state index in [9.17, 15) is 4.79 Å². The van der Waals surface area contributed by atoms with E-state index >= 15 is 0 Å². The fourth-order valence-corrected chi connectivity index (χ4v) is 1.68. The second-order valence-corrected chi connectivity index (χ2v) is 6.18. The van der Waals surface area contributed by atoms with Crippen LogP contribution in [0, 0.1) is 0 Å². The van der Waals surface area contributed by atoms with Gasteiger partial charge in [-0.25, -0.2) is 4.79 Å². The molecule has 0 heterocycles. The van der Waals surface area contributed by atoms with Crippen molar-refractivity contribution in [1.29, 1.82) is 0 Å². The first-order chi connectivity index (χ1) is 10.2. The summed E-state index contributed by atoms with van der Waals surface area (Å²) in [4.78, 5) is 10.4. The van der Waals surface area contributed by atoms with Crippen molar-refractivity contribution in [3.63, 3.8) is 0 Å². The largest absolute Gasteiger partial charge is 0.505 e. The Morgan fingerprint density at radius 3 is 2.32 bits per heavy atom. The summed E-state index contributed by atoms with van der Waals surface area (Å²) in [6.07, 6.45) is -0.282. The van der Waals surface area contributed by atoms with Crippen LogP contribution in [0.5, 0.6) is 5.75 Å². The Kier molecular flexibility index (Phi) is 6.34. The van der Waals surface area contributed by atoms with Gasteiger partial charge >= 0.3 is 6.16 Å². The van der Waals surface area contributed by atoms with Crippen LogP contribution in [0.25, 0.3) is 0 Å². The van der Waals surface area contributed by atoms with Gasteiger partial charge in [0, 0.05) is 6.42 Å². The van der Waals surface area contributed by atoms with Gasteiger partial charge in [0.05, 0.1) is 12.1 Å². The first-order valence-electron chi connectivity index (χ1n) is 7.24. The second kappa shape index (κ2) is 7.77. The van der Waals surface area contributed by atoms with Crippen molar-refractivity contribution in [3.05, 3.63) is 30.3 Å². The molecule has 6 nitrogen and oxygen atoms in total. The number of rotatable bonds is 7. The summed E-state index contributed by atoms with van der Waals surface area (Å²) in [5.74, 6) is 0.692. The van der Waals surface area contributed by atoms with Crippen LogP contribution in [0.2, 0.25) is 0 Å². The summed E-state index contributed by atoms with van der Waals surface area (Å²) in [6, 6.07) is 9.35. The number of carbonyl (C=O) groups is 1. The van der Waals surface area contributed by atoms with E-state index in [-0.39, 0.29) is 12.1 Å². The van der Waals surface area contributed by atoms with Gasteiger partial charge in [-0.2, -0.15) is 5.11 Å². The Hall–Kier alpha value is -2.11. The van der Waals surface area contributed by atoms with Crippen LogP contribution in [0.3, 0.4) is 0 Å². The van der Waals surface area contributed by atoms with Gasteiger partial charge < -0.3 is 14.6 Å². The maximum atomic E-state index is 10.4. The lowest BCUT2D eigenvalue weighted by Crippen LogP contribution is -2.31. The lowest BCUT2D eigenvalue weighted by atomic mass is 10.1. The van der Waals surface area contributed by atoms with Crippen LogP contribution in [0.1, 0.15) is 40.5 Å². The number of azo groups is 1. The zero-order valence-electron chi connectivity index (χ0n) is 13.6. The lowest BCUT2D eigenvalue weighted by molar-refractivity contribution is 0.0557. The molecule has 0 radical (unpaired) electrons. The standard InChI is InChI=1S/C16H24N2O4/c1-15(2,3)17-18-16(4,11-8-12-21-14(19)20)22-13-9-6-5-7-10-13/h5-7,9-10H,8,11-12H2,1-4H3,(H,19,20). The SMILES string of the molecule is CC(C)(C)N=NC(C)(CCCOC(=O)O)Oc1ccccc1. The third kappa shape index (κ3) is 7.61. The number of benzene rings is 1. The van der Waals surface area contributed by atoms with E-state index < -0.39 is 11.9 Å². The predicted molar refractivity (Wildman–Crippen MR) is 83.3 cm³/mol. The molecule has 0 aliphatic rings. The fraction of sp³-hybridized carbons (Fsp3) is 0.562. The summed E-state index contributed by atoms with van der Waals surface area (Å²) in [6.45, 7) is 7.79. The molecule has 0 fully saturated rings. The number of carboxylic acid groups (broad SMARTS) is 1. The molecule has 122 valence electrons. The van der Waals surface area contributed by atoms with Gasteiger partial charge in [-0.05, 0) is 46.2 Å². The number of hydrogen-bond donors (Lipinski definition) is 1. The number of hydrogen-bond acceptors (Lipinski definition) is 5. The van der Waals surface area contributed by atoms with Crippen LogP contribution in [-0.4, -0.2) is 29.1 Å². The first kappa shape index (κ1) is 17.9. The van der Waals surface area contributed by atoms with E-state index in [0.29, 0.717) is 18.6 Å². The minimum atomic E-state index is -1.28. The molecule has 1 N–H and O–H groups in total. The third-order valence-electron chi connectivity index (χ3n) is 2.65. The van der Waals surface area contributed by atoms with E-state index in [1.165, 1.54) is 0 Å². The monoisotopic (exact) mass is 308 g/mol. The smallest absolute Gasteiger partial charge is 0.465 e. The number of nitrogens with zero attached hydrogens (tertiary/aromatic N) is 2. The van der Waals surface area contributed by atoms with Gasteiger partial charge in [0.2, 0.25) is 5.72 Å². The number of ether oxygens (including phenoxy) is 2. The highest BCUT2D eigenvalue weighted by atomic mass is 16.7. The maximum Gasteiger partial charge on any atom is 0.505 e. The van der Waals surface area contributed by atoms with Gasteiger partial charge in [0.25, 0.3) is 0 Å². The molecule has 1 rings (SSSR count). The third-order valence-corrected chi connectivity index (χ3v) is 2.65. The molecule has 0 saturated heterocycles. The van der Waals surface area contributed by atoms with Crippen molar-refractivity contribution < 1.29 is 19.4 Å². The Labute approximate surface area is 131 Å². The minimum absolute atomic E-state index is 0.105. The first-order valence-corrected chi connectivity index (χ1v) is 7.24. The van der Waals surface area contributed by atoms with E-state index in [0.717, 1.165) is 0 Å². The van der Waals surface area contributed by atoms with Gasteiger partial charge in [0.1, 0.15) is 5.75 Å². The Morgan fingerprint density at radius 1 is 1.14 bits per heavy atom. The summed E-state index contributed by atoms with van der Waals surface area (Å²) in [5.41, 5.74) is -1.17. The summed E-state index contributed by atoms with van der Waals surface area (Å²) in [7, 11) is 0. The minimum Gasteiger partial charge on any atom is -0.465 e. The van der Waals surface area contributed by atoms with E-state index in [1.54, 1.807) is 0 Å². The molecule has 0 spiro atoms. The number of para-hydroxylation sites is 1. The van der Waals surface area contributed by atoms with Crippen LogP contribution in [0.15, 0.2) is 40.6 Å². The molecule has 0 saturated carbocycles. The highest BCUT2D eigenvalue weighted by molar-refractivity contribution is 5.56. The van der Waals surface area contributed by atoms with Crippen LogP contribution in [0.4, 0.5) is 4.79 Å². The van der Waals surface area contributed by atoms with E-state index in [2.05, 4.69) is 15.0 Å². The Balaban J connectivity index is 2.75. The molecule has 1 aromatic carbocycles. The summed E-state index contributed by atoms with van der Waals surface area (Å²) in [5, 5.41) is 17.1. The maximum absolute atomic E-state index is 10.4. The van der Waals surface area contributed by atoms with E-state index in [1.807, 2.05) is 58.0 Å². The molecule has 22 heavy (non-hydrogen) atoms. The molecule has 1 aromatic rings. The lowest BCUT2D eigenvalue weighted by Gasteiger charge is -2.26. The molecule has 1 atom stereocenters. The average Bonchev–Trinajstić information content (AvgIpc) is 2.42. The second-order valence-electron chi connectivity index (χ2n) is 6.18. The van der Waals surface area contributed by atoms with Gasteiger partial charge in [-0.1, -0.05) is 18.2 Å². The zero-order valence-corrected chi connectivity index (χ0v) is 13.6. The Bertz CT molecular complexity index is 497. The molecule has 6 heteroatoms. The van der Waals surface area contributed by atoms with Crippen molar-refractivity contribution in [3.8, 4) is 5.75 Å². The van der Waals surface area contributed by atoms with Crippen molar-refractivity contribution >= 4 is 6.16 Å². The fourth-order valence-electron chi connectivity index (χ4n) is 1.68. The molecule has 0 amide bonds. The molecule has 0 aliphatic heterocycles. The Morgan fingerprint density at radius 2 is 1.77 bits per heavy atom. The average molecular weight is 308 g/mol. The summed E-state index contributed by atoms with van der Waals surface area (Å²) >= 11 is 0. The van der Waals surface area contributed by atoms with Crippen LogP contribution >= 0.6 is 0 Å². The van der Waals surface area contributed by atoms with Crippen LogP contribution in [-0.2, 0) is 4.74 Å². The molecule has 0 aromatic heterocycles. The molecule has 0 aliphatic carbocycles. The highest BCUT2D eigenvalue weighted by Gasteiger charge is 2.27. The molecule has 1 unspecified atom stereocenters. The van der Waals surface area contributed by atoms with Gasteiger partial charge in [-0.15, -0.1) is 5.11 Å². The van der Waals surface area contributed by atoms with Crippen molar-refractivity contribution in [2.24, 2.45) is 10.2 Å². The summed E-state index contributed by atoms with van der Waals surface area (Å²) < 4.78 is 10.5. The van der Waals surface area contributed by atoms with Crippen LogP contribution < -0.4 is 4.74 Å². The predicted octanol–water partition coefficient (Wildman–Crippen LogP) is 4.51. The van der Waals surface area contributed by atoms with Crippen molar-refractivity contribution in [2.75, 3.05) is 6.61 Å². The topological polar surface area (TPSA) is 80.5 Å². The van der Waals surface area contributed by atoms with Gasteiger partial charge in [-0.3, -0.25) is 0 Å². The van der Waals surface area contributed by atoms with Crippen molar-refractivity contribution in [1.82, 2.24) is 0 Å². The molecule has 0 bridgehead atoms. The van der Waals surface area contributed by atoms with E-state index in [4.69, 9.17) is 9.84 Å². The molecular weight excluding hydrogens is 284 g/mol. The highest BCUT2D eigenvalue weighted by Crippen LogP contribution is 2.25.